The van der Waals surface area contributed by atoms with E-state index in [1.54, 1.807) is 0 Å². The lowest BCUT2D eigenvalue weighted by Crippen LogP contribution is -2.04. The zero-order chi connectivity index (χ0) is 10.4. The molecule has 0 aliphatic heterocycles. The molecule has 0 fully saturated rings. The Morgan fingerprint density at radius 3 is 2.57 bits per heavy atom. The quantitative estimate of drug-likeness (QED) is 0.809. The number of Topliss-reactive ketones (excluding diaryl/α,β-unsaturated/α-hetero) is 1. The molecule has 1 rings (SSSR count). The van der Waals surface area contributed by atoms with Crippen molar-refractivity contribution in [2.75, 3.05) is 6.61 Å². The Labute approximate surface area is 92.4 Å². The predicted octanol–water partition coefficient (Wildman–Crippen LogP) is 3.20. The summed E-state index contributed by atoms with van der Waals surface area (Å²) in [5.74, 6) is 1.04. The molecule has 2 nitrogen and oxygen atoms in total. The lowest BCUT2D eigenvalue weighted by Gasteiger charge is -2.04. The molecule has 0 aromatic heterocycles. The summed E-state index contributed by atoms with van der Waals surface area (Å²) in [6.07, 6.45) is 1.08. The Kier molecular flexibility index (Phi) is 4.66. The average Bonchev–Trinajstić information content (AvgIpc) is 2.21. The summed E-state index contributed by atoms with van der Waals surface area (Å²) >= 11 is 3.34. The number of benzene rings is 1. The van der Waals surface area contributed by atoms with E-state index in [9.17, 15) is 4.79 Å². The highest BCUT2D eigenvalue weighted by Gasteiger charge is 1.98. The van der Waals surface area contributed by atoms with Gasteiger partial charge < -0.3 is 4.74 Å². The molecule has 14 heavy (non-hydrogen) atoms. The van der Waals surface area contributed by atoms with Gasteiger partial charge in [0.2, 0.25) is 0 Å². The Morgan fingerprint density at radius 1 is 1.36 bits per heavy atom. The largest absolute Gasteiger partial charge is 0.493 e. The zero-order valence-corrected chi connectivity index (χ0v) is 9.71. The van der Waals surface area contributed by atoms with Crippen LogP contribution >= 0.6 is 15.9 Å². The maximum atomic E-state index is 11.0. The van der Waals surface area contributed by atoms with Crippen molar-refractivity contribution in [2.45, 2.75) is 19.8 Å². The molecule has 0 N–H and O–H groups in total. The Morgan fingerprint density at radius 2 is 2.00 bits per heavy atom. The van der Waals surface area contributed by atoms with Gasteiger partial charge in [0, 0.05) is 17.3 Å². The van der Waals surface area contributed by atoms with Crippen molar-refractivity contribution in [3.8, 4) is 5.75 Å². The first-order chi connectivity index (χ1) is 6.72. The van der Waals surface area contributed by atoms with Crippen molar-refractivity contribution in [1.29, 1.82) is 0 Å². The van der Waals surface area contributed by atoms with Crippen LogP contribution in [0.15, 0.2) is 28.7 Å². The maximum absolute atomic E-state index is 11.0. The molecule has 3 heteroatoms. The molecule has 0 radical (unpaired) electrons. The number of carbonyl (C=O) groups is 1. The van der Waals surface area contributed by atoms with Crippen LogP contribution in [0.2, 0.25) is 0 Å². The van der Waals surface area contributed by atoms with E-state index < -0.39 is 0 Å². The van der Waals surface area contributed by atoms with Crippen LogP contribution in [0, 0.1) is 0 Å². The standard InChI is InChI=1S/C11H13BrO2/c1-2-10(13)7-8-14-11-5-3-9(12)4-6-11/h3-6H,2,7-8H2,1H3. The fraction of sp³-hybridized carbons (Fsp3) is 0.364. The number of hydrogen-bond donors (Lipinski definition) is 0. The van der Waals surface area contributed by atoms with E-state index in [4.69, 9.17) is 4.74 Å². The van der Waals surface area contributed by atoms with Crippen LogP contribution in [0.25, 0.3) is 0 Å². The summed E-state index contributed by atoms with van der Waals surface area (Å²) in [5, 5.41) is 0. The van der Waals surface area contributed by atoms with Crippen molar-refractivity contribution in [3.05, 3.63) is 28.7 Å². The fourth-order valence-electron chi connectivity index (χ4n) is 0.990. The second-order valence-electron chi connectivity index (χ2n) is 2.94. The van der Waals surface area contributed by atoms with Crippen molar-refractivity contribution in [3.63, 3.8) is 0 Å². The van der Waals surface area contributed by atoms with Gasteiger partial charge in [-0.3, -0.25) is 4.79 Å². The van der Waals surface area contributed by atoms with Gasteiger partial charge in [0.1, 0.15) is 11.5 Å². The minimum atomic E-state index is 0.238. The summed E-state index contributed by atoms with van der Waals surface area (Å²) in [6.45, 7) is 2.33. The Bertz CT molecular complexity index is 293. The number of hydrogen-bond acceptors (Lipinski definition) is 2. The second kappa shape index (κ2) is 5.81. The monoisotopic (exact) mass is 256 g/mol. The number of rotatable bonds is 5. The predicted molar refractivity (Wildman–Crippen MR) is 59.6 cm³/mol. The third kappa shape index (κ3) is 3.92. The molecule has 0 atom stereocenters. The average molecular weight is 257 g/mol. The molecule has 0 amide bonds. The third-order valence-corrected chi connectivity index (χ3v) is 2.39. The van der Waals surface area contributed by atoms with Crippen LogP contribution in [-0.2, 0) is 4.79 Å². The summed E-state index contributed by atoms with van der Waals surface area (Å²) < 4.78 is 6.41. The molecule has 0 heterocycles. The minimum Gasteiger partial charge on any atom is -0.493 e. The molecule has 0 saturated carbocycles. The van der Waals surface area contributed by atoms with E-state index in [1.165, 1.54) is 0 Å². The molecule has 76 valence electrons. The van der Waals surface area contributed by atoms with Crippen LogP contribution in [0.5, 0.6) is 5.75 Å². The smallest absolute Gasteiger partial charge is 0.136 e. The molecular formula is C11H13BrO2. The first kappa shape index (κ1) is 11.2. The van der Waals surface area contributed by atoms with Crippen molar-refractivity contribution < 1.29 is 9.53 Å². The number of ketones is 1. The van der Waals surface area contributed by atoms with Crippen LogP contribution < -0.4 is 4.74 Å². The zero-order valence-electron chi connectivity index (χ0n) is 8.13. The van der Waals surface area contributed by atoms with Crippen molar-refractivity contribution in [1.82, 2.24) is 0 Å². The topological polar surface area (TPSA) is 26.3 Å². The van der Waals surface area contributed by atoms with Gasteiger partial charge in [-0.1, -0.05) is 22.9 Å². The van der Waals surface area contributed by atoms with Gasteiger partial charge in [-0.25, -0.2) is 0 Å². The van der Waals surface area contributed by atoms with Gasteiger partial charge in [0.25, 0.3) is 0 Å². The lowest BCUT2D eigenvalue weighted by molar-refractivity contribution is -0.119. The van der Waals surface area contributed by atoms with Gasteiger partial charge in [0.15, 0.2) is 0 Å². The number of ether oxygens (including phenoxy) is 1. The molecule has 0 spiro atoms. The molecule has 1 aromatic rings. The first-order valence-corrected chi connectivity index (χ1v) is 5.41. The van der Waals surface area contributed by atoms with Gasteiger partial charge in [-0.2, -0.15) is 0 Å². The van der Waals surface area contributed by atoms with Gasteiger partial charge in [-0.05, 0) is 24.3 Å². The highest BCUT2D eigenvalue weighted by Crippen LogP contribution is 2.16. The lowest BCUT2D eigenvalue weighted by atomic mass is 10.2. The van der Waals surface area contributed by atoms with Gasteiger partial charge in [-0.15, -0.1) is 0 Å². The summed E-state index contributed by atoms with van der Waals surface area (Å²) in [7, 11) is 0. The van der Waals surface area contributed by atoms with Crippen molar-refractivity contribution in [2.24, 2.45) is 0 Å². The maximum Gasteiger partial charge on any atom is 0.136 e. The molecular weight excluding hydrogens is 244 g/mol. The van der Waals surface area contributed by atoms with E-state index in [-0.39, 0.29) is 5.78 Å². The van der Waals surface area contributed by atoms with E-state index in [0.717, 1.165) is 10.2 Å². The first-order valence-electron chi connectivity index (χ1n) is 4.62. The molecule has 0 aliphatic carbocycles. The van der Waals surface area contributed by atoms with Crippen LogP contribution in [0.1, 0.15) is 19.8 Å². The number of halogens is 1. The molecule has 0 aliphatic rings. The Balaban J connectivity index is 2.31. The highest BCUT2D eigenvalue weighted by atomic mass is 79.9. The normalized spacial score (nSPS) is 9.86. The molecule has 0 unspecified atom stereocenters. The van der Waals surface area contributed by atoms with Crippen LogP contribution in [-0.4, -0.2) is 12.4 Å². The Hall–Kier alpha value is -0.830. The van der Waals surface area contributed by atoms with Gasteiger partial charge in [0.05, 0.1) is 6.61 Å². The van der Waals surface area contributed by atoms with E-state index in [2.05, 4.69) is 15.9 Å². The van der Waals surface area contributed by atoms with E-state index in [0.29, 0.717) is 19.4 Å². The summed E-state index contributed by atoms with van der Waals surface area (Å²) in [6, 6.07) is 7.58. The van der Waals surface area contributed by atoms with E-state index >= 15 is 0 Å². The highest BCUT2D eigenvalue weighted by molar-refractivity contribution is 9.10. The molecule has 0 saturated heterocycles. The summed E-state index contributed by atoms with van der Waals surface area (Å²) in [4.78, 5) is 11.0. The SMILES string of the molecule is CCC(=O)CCOc1ccc(Br)cc1. The second-order valence-corrected chi connectivity index (χ2v) is 3.86. The van der Waals surface area contributed by atoms with E-state index in [1.807, 2.05) is 31.2 Å². The van der Waals surface area contributed by atoms with Crippen LogP contribution in [0.4, 0.5) is 0 Å². The van der Waals surface area contributed by atoms with Gasteiger partial charge >= 0.3 is 0 Å². The number of carbonyl (C=O) groups excluding carboxylic acids is 1. The van der Waals surface area contributed by atoms with Crippen LogP contribution in [0.3, 0.4) is 0 Å². The molecule has 0 bridgehead atoms. The summed E-state index contributed by atoms with van der Waals surface area (Å²) in [5.41, 5.74) is 0. The third-order valence-electron chi connectivity index (χ3n) is 1.86. The van der Waals surface area contributed by atoms with Crippen molar-refractivity contribution >= 4 is 21.7 Å². The molecule has 1 aromatic carbocycles. The minimum absolute atomic E-state index is 0.238. The fourth-order valence-corrected chi connectivity index (χ4v) is 1.25.